The summed E-state index contributed by atoms with van der Waals surface area (Å²) in [4.78, 5) is 24.6. The summed E-state index contributed by atoms with van der Waals surface area (Å²) in [5.41, 5.74) is 2.61. The van der Waals surface area contributed by atoms with Gasteiger partial charge in [-0.2, -0.15) is 0 Å². The monoisotopic (exact) mass is 468 g/mol. The van der Waals surface area contributed by atoms with Crippen LogP contribution in [-0.2, 0) is 0 Å². The Bertz CT molecular complexity index is 1050. The minimum Gasteiger partial charge on any atom is -0.486 e. The SMILES string of the molecule is CCN(CC)c1ccc(C(=O)N(CCCN(C)C)c2nc3cc4c(cc3s2)OCCO4)cc1. The number of thiazole rings is 1. The number of fused-ring (bicyclic) bond motifs is 2. The van der Waals surface area contributed by atoms with Crippen molar-refractivity contribution in [3.8, 4) is 11.5 Å². The molecule has 3 aromatic rings. The van der Waals surface area contributed by atoms with Crippen molar-refractivity contribution in [1.29, 1.82) is 0 Å². The molecule has 0 unspecified atom stereocenters. The van der Waals surface area contributed by atoms with Crippen molar-refractivity contribution in [1.82, 2.24) is 9.88 Å². The molecule has 0 saturated heterocycles. The largest absolute Gasteiger partial charge is 0.486 e. The van der Waals surface area contributed by atoms with Gasteiger partial charge < -0.3 is 19.3 Å². The average Bonchev–Trinajstić information content (AvgIpc) is 3.23. The van der Waals surface area contributed by atoms with Crippen LogP contribution in [0.2, 0.25) is 0 Å². The Labute approximate surface area is 199 Å². The lowest BCUT2D eigenvalue weighted by Gasteiger charge is -2.23. The molecule has 2 heterocycles. The second-order valence-corrected chi connectivity index (χ2v) is 9.30. The third-order valence-electron chi connectivity index (χ3n) is 5.75. The molecule has 1 amide bonds. The minimum absolute atomic E-state index is 0.0313. The first-order valence-corrected chi connectivity index (χ1v) is 12.3. The zero-order valence-corrected chi connectivity index (χ0v) is 20.7. The van der Waals surface area contributed by atoms with E-state index in [4.69, 9.17) is 14.5 Å². The van der Waals surface area contributed by atoms with Crippen molar-refractivity contribution in [3.63, 3.8) is 0 Å². The second-order valence-electron chi connectivity index (χ2n) is 8.29. The Balaban J connectivity index is 1.63. The molecule has 0 atom stereocenters. The van der Waals surface area contributed by atoms with Gasteiger partial charge in [-0.25, -0.2) is 4.98 Å². The molecule has 33 heavy (non-hydrogen) atoms. The highest BCUT2D eigenvalue weighted by Gasteiger charge is 2.23. The molecule has 0 spiro atoms. The molecule has 2 aromatic carbocycles. The summed E-state index contributed by atoms with van der Waals surface area (Å²) < 4.78 is 12.4. The lowest BCUT2D eigenvalue weighted by atomic mass is 10.1. The molecule has 0 saturated carbocycles. The molecule has 8 heteroatoms. The molecule has 176 valence electrons. The number of ether oxygens (including phenoxy) is 2. The quantitative estimate of drug-likeness (QED) is 0.461. The zero-order chi connectivity index (χ0) is 23.4. The van der Waals surface area contributed by atoms with E-state index in [1.165, 1.54) is 11.3 Å². The van der Waals surface area contributed by atoms with Crippen LogP contribution in [0, 0.1) is 0 Å². The van der Waals surface area contributed by atoms with Gasteiger partial charge in [-0.1, -0.05) is 11.3 Å². The first kappa shape index (κ1) is 23.3. The molecule has 0 radical (unpaired) electrons. The first-order chi connectivity index (χ1) is 16.0. The molecule has 0 aliphatic carbocycles. The van der Waals surface area contributed by atoms with Crippen LogP contribution in [0.4, 0.5) is 10.8 Å². The van der Waals surface area contributed by atoms with Gasteiger partial charge in [0.15, 0.2) is 16.6 Å². The van der Waals surface area contributed by atoms with Gasteiger partial charge in [0, 0.05) is 43.0 Å². The van der Waals surface area contributed by atoms with E-state index in [1.54, 1.807) is 4.90 Å². The Kier molecular flexibility index (Phi) is 7.35. The minimum atomic E-state index is -0.0313. The lowest BCUT2D eigenvalue weighted by molar-refractivity contribution is 0.0986. The summed E-state index contributed by atoms with van der Waals surface area (Å²) in [5.74, 6) is 1.42. The highest BCUT2D eigenvalue weighted by Crippen LogP contribution is 2.39. The Morgan fingerprint density at radius 3 is 2.30 bits per heavy atom. The van der Waals surface area contributed by atoms with Gasteiger partial charge in [-0.15, -0.1) is 0 Å². The maximum atomic E-state index is 13.6. The van der Waals surface area contributed by atoms with E-state index in [0.29, 0.717) is 36.2 Å². The topological polar surface area (TPSA) is 58.1 Å². The summed E-state index contributed by atoms with van der Waals surface area (Å²) in [6.07, 6.45) is 0.856. The van der Waals surface area contributed by atoms with Crippen LogP contribution in [0.5, 0.6) is 11.5 Å². The highest BCUT2D eigenvalue weighted by atomic mass is 32.1. The molecule has 4 rings (SSSR count). The number of hydrogen-bond donors (Lipinski definition) is 0. The summed E-state index contributed by atoms with van der Waals surface area (Å²) in [7, 11) is 4.08. The van der Waals surface area contributed by atoms with Crippen molar-refractivity contribution in [3.05, 3.63) is 42.0 Å². The number of hydrogen-bond acceptors (Lipinski definition) is 7. The van der Waals surface area contributed by atoms with Crippen molar-refractivity contribution < 1.29 is 14.3 Å². The van der Waals surface area contributed by atoms with E-state index in [9.17, 15) is 4.79 Å². The van der Waals surface area contributed by atoms with E-state index < -0.39 is 0 Å². The summed E-state index contributed by atoms with van der Waals surface area (Å²) >= 11 is 1.51. The summed E-state index contributed by atoms with van der Waals surface area (Å²) in [6, 6.07) is 11.8. The fourth-order valence-corrected chi connectivity index (χ4v) is 4.96. The average molecular weight is 469 g/mol. The van der Waals surface area contributed by atoms with Gasteiger partial charge in [0.1, 0.15) is 13.2 Å². The number of anilines is 2. The molecule has 0 fully saturated rings. The molecule has 0 bridgehead atoms. The van der Waals surface area contributed by atoms with Gasteiger partial charge >= 0.3 is 0 Å². The van der Waals surface area contributed by atoms with Gasteiger partial charge in [0.05, 0.1) is 10.2 Å². The number of carbonyl (C=O) groups is 1. The normalized spacial score (nSPS) is 12.9. The molecular formula is C25H32N4O3S. The molecule has 0 N–H and O–H groups in total. The standard InChI is InChI=1S/C25H32N4O3S/c1-5-28(6-2)19-10-8-18(9-11-19)24(30)29(13-7-12-27(3)4)25-26-20-16-21-22(17-23(20)33-25)32-15-14-31-21/h8-11,16-17H,5-7,12-15H2,1-4H3. The molecule has 7 nitrogen and oxygen atoms in total. The van der Waals surface area contributed by atoms with Gasteiger partial charge in [-0.3, -0.25) is 9.69 Å². The third-order valence-corrected chi connectivity index (χ3v) is 6.79. The Morgan fingerprint density at radius 2 is 1.67 bits per heavy atom. The van der Waals surface area contributed by atoms with Crippen LogP contribution in [0.3, 0.4) is 0 Å². The number of rotatable bonds is 9. The fourth-order valence-electron chi connectivity index (χ4n) is 3.96. The van der Waals surface area contributed by atoms with Crippen molar-refractivity contribution in [2.24, 2.45) is 0 Å². The van der Waals surface area contributed by atoms with Crippen molar-refractivity contribution >= 4 is 38.3 Å². The molecule has 1 aliphatic heterocycles. The van der Waals surface area contributed by atoms with Crippen LogP contribution in [0.25, 0.3) is 10.2 Å². The van der Waals surface area contributed by atoms with Gasteiger partial charge in [0.25, 0.3) is 5.91 Å². The maximum absolute atomic E-state index is 13.6. The lowest BCUT2D eigenvalue weighted by Crippen LogP contribution is -2.33. The van der Waals surface area contributed by atoms with E-state index >= 15 is 0 Å². The summed E-state index contributed by atoms with van der Waals surface area (Å²) in [5, 5.41) is 0.698. The van der Waals surface area contributed by atoms with Crippen LogP contribution in [0.15, 0.2) is 36.4 Å². The van der Waals surface area contributed by atoms with Crippen molar-refractivity contribution in [2.45, 2.75) is 20.3 Å². The van der Waals surface area contributed by atoms with E-state index in [1.807, 2.05) is 50.5 Å². The predicted molar refractivity (Wildman–Crippen MR) is 135 cm³/mol. The number of amides is 1. The molecule has 1 aromatic heterocycles. The van der Waals surface area contributed by atoms with Crippen LogP contribution in [-0.4, -0.2) is 69.3 Å². The van der Waals surface area contributed by atoms with E-state index in [0.717, 1.165) is 47.7 Å². The van der Waals surface area contributed by atoms with Crippen molar-refractivity contribution in [2.75, 3.05) is 63.3 Å². The first-order valence-electron chi connectivity index (χ1n) is 11.5. The zero-order valence-electron chi connectivity index (χ0n) is 19.8. The van der Waals surface area contributed by atoms with E-state index in [2.05, 4.69) is 23.6 Å². The van der Waals surface area contributed by atoms with Crippen LogP contribution < -0.4 is 19.3 Å². The second kappa shape index (κ2) is 10.4. The Hall–Kier alpha value is -2.84. The third kappa shape index (κ3) is 5.23. The number of nitrogens with zero attached hydrogens (tertiary/aromatic N) is 4. The highest BCUT2D eigenvalue weighted by molar-refractivity contribution is 7.22. The van der Waals surface area contributed by atoms with Gasteiger partial charge in [0.2, 0.25) is 0 Å². The predicted octanol–water partition coefficient (Wildman–Crippen LogP) is 4.51. The van der Waals surface area contributed by atoms with Crippen LogP contribution >= 0.6 is 11.3 Å². The maximum Gasteiger partial charge on any atom is 0.260 e. The van der Waals surface area contributed by atoms with Crippen LogP contribution in [0.1, 0.15) is 30.6 Å². The summed E-state index contributed by atoms with van der Waals surface area (Å²) in [6.45, 7) is 8.71. The van der Waals surface area contributed by atoms with Gasteiger partial charge in [-0.05, 0) is 65.2 Å². The fraction of sp³-hybridized carbons (Fsp3) is 0.440. The molecular weight excluding hydrogens is 436 g/mol. The molecule has 1 aliphatic rings. The van der Waals surface area contributed by atoms with E-state index in [-0.39, 0.29) is 5.91 Å². The number of carbonyl (C=O) groups excluding carboxylic acids is 1. The smallest absolute Gasteiger partial charge is 0.260 e. The number of benzene rings is 2. The Morgan fingerprint density at radius 1 is 1.00 bits per heavy atom. The number of aromatic nitrogens is 1.